The van der Waals surface area contributed by atoms with Crippen molar-refractivity contribution in [1.29, 1.82) is 0 Å². The van der Waals surface area contributed by atoms with Crippen LogP contribution < -0.4 is 20.2 Å². The highest BCUT2D eigenvalue weighted by Gasteiger charge is 2.08. The maximum atomic E-state index is 12.1. The van der Waals surface area contributed by atoms with Crippen LogP contribution in [0, 0.1) is 0 Å². The Hall–Kier alpha value is -3.55. The molecule has 0 bridgehead atoms. The van der Waals surface area contributed by atoms with Crippen LogP contribution in [0.1, 0.15) is 36.2 Å². The van der Waals surface area contributed by atoms with Gasteiger partial charge in [0.25, 0.3) is 11.8 Å². The molecule has 2 aromatic carbocycles. The van der Waals surface area contributed by atoms with Crippen molar-refractivity contribution in [2.24, 2.45) is 5.10 Å². The van der Waals surface area contributed by atoms with Gasteiger partial charge in [0.05, 0.1) is 26.0 Å². The van der Waals surface area contributed by atoms with Gasteiger partial charge >= 0.3 is 0 Å². The lowest BCUT2D eigenvalue weighted by Gasteiger charge is -2.07. The van der Waals surface area contributed by atoms with Gasteiger partial charge in [-0.2, -0.15) is 5.10 Å². The lowest BCUT2D eigenvalue weighted by molar-refractivity contribution is -0.120. The third-order valence-corrected chi connectivity index (χ3v) is 3.69. The SMILES string of the molecule is CCCOc1ccc(C(=O)NCC(=O)N/N=C\c2ccc(O)c(OCC)c2)cc1. The fourth-order valence-corrected chi connectivity index (χ4v) is 2.29. The first kappa shape index (κ1) is 21.7. The first-order chi connectivity index (χ1) is 14.0. The molecule has 0 aliphatic carbocycles. The molecule has 2 amide bonds. The Balaban J connectivity index is 1.80. The third-order valence-electron chi connectivity index (χ3n) is 3.69. The van der Waals surface area contributed by atoms with Gasteiger partial charge in [0.15, 0.2) is 11.5 Å². The average Bonchev–Trinajstić information content (AvgIpc) is 2.73. The number of carbonyl (C=O) groups excluding carboxylic acids is 2. The maximum absolute atomic E-state index is 12.1. The summed E-state index contributed by atoms with van der Waals surface area (Å²) in [5, 5.41) is 16.0. The van der Waals surface area contributed by atoms with E-state index in [9.17, 15) is 14.7 Å². The van der Waals surface area contributed by atoms with Crippen molar-refractivity contribution in [2.75, 3.05) is 19.8 Å². The predicted octanol–water partition coefficient (Wildman–Crippen LogP) is 2.46. The molecule has 0 atom stereocenters. The zero-order chi connectivity index (χ0) is 21.1. The second-order valence-corrected chi connectivity index (χ2v) is 6.01. The molecule has 2 aromatic rings. The summed E-state index contributed by atoms with van der Waals surface area (Å²) in [5.41, 5.74) is 3.40. The molecule has 0 unspecified atom stereocenters. The second kappa shape index (κ2) is 11.3. The molecule has 0 aliphatic heterocycles. The van der Waals surface area contributed by atoms with Crippen molar-refractivity contribution >= 4 is 18.0 Å². The number of rotatable bonds is 10. The highest BCUT2D eigenvalue weighted by Crippen LogP contribution is 2.26. The molecule has 0 aliphatic rings. The number of amides is 2. The quantitative estimate of drug-likeness (QED) is 0.420. The minimum Gasteiger partial charge on any atom is -0.504 e. The second-order valence-electron chi connectivity index (χ2n) is 6.01. The maximum Gasteiger partial charge on any atom is 0.259 e. The summed E-state index contributed by atoms with van der Waals surface area (Å²) in [6, 6.07) is 11.4. The van der Waals surface area contributed by atoms with E-state index in [4.69, 9.17) is 9.47 Å². The molecule has 0 spiro atoms. The van der Waals surface area contributed by atoms with Crippen LogP contribution in [-0.4, -0.2) is 42.9 Å². The normalized spacial score (nSPS) is 10.6. The molecule has 0 fully saturated rings. The van der Waals surface area contributed by atoms with Crippen molar-refractivity contribution in [1.82, 2.24) is 10.7 Å². The first-order valence-corrected chi connectivity index (χ1v) is 9.32. The van der Waals surface area contributed by atoms with Gasteiger partial charge in [-0.15, -0.1) is 0 Å². The van der Waals surface area contributed by atoms with Crippen molar-refractivity contribution in [2.45, 2.75) is 20.3 Å². The van der Waals surface area contributed by atoms with E-state index in [-0.39, 0.29) is 18.2 Å². The molecule has 0 aromatic heterocycles. The molecule has 0 radical (unpaired) electrons. The van der Waals surface area contributed by atoms with E-state index in [1.807, 2.05) is 13.8 Å². The van der Waals surface area contributed by atoms with Gasteiger partial charge < -0.3 is 19.9 Å². The summed E-state index contributed by atoms with van der Waals surface area (Å²) in [6.07, 6.45) is 2.32. The van der Waals surface area contributed by atoms with Crippen LogP contribution >= 0.6 is 0 Å². The van der Waals surface area contributed by atoms with Crippen LogP contribution in [0.25, 0.3) is 0 Å². The van der Waals surface area contributed by atoms with E-state index < -0.39 is 5.91 Å². The number of hydrogen-bond donors (Lipinski definition) is 3. The van der Waals surface area contributed by atoms with E-state index in [1.165, 1.54) is 12.3 Å². The number of phenolic OH excluding ortho intramolecular Hbond substituents is 1. The van der Waals surface area contributed by atoms with E-state index >= 15 is 0 Å². The summed E-state index contributed by atoms with van der Waals surface area (Å²) < 4.78 is 10.7. The van der Waals surface area contributed by atoms with Gasteiger partial charge in [-0.1, -0.05) is 6.92 Å². The van der Waals surface area contributed by atoms with Crippen LogP contribution in [0.3, 0.4) is 0 Å². The number of hydrazone groups is 1. The number of benzene rings is 2. The Labute approximate surface area is 169 Å². The zero-order valence-electron chi connectivity index (χ0n) is 16.5. The van der Waals surface area contributed by atoms with Gasteiger partial charge in [0, 0.05) is 5.56 Å². The number of aromatic hydroxyl groups is 1. The Morgan fingerprint density at radius 2 is 1.86 bits per heavy atom. The van der Waals surface area contributed by atoms with E-state index in [0.29, 0.717) is 35.8 Å². The lowest BCUT2D eigenvalue weighted by atomic mass is 10.2. The first-order valence-electron chi connectivity index (χ1n) is 9.32. The molecular formula is C21H25N3O5. The summed E-state index contributed by atoms with van der Waals surface area (Å²) in [7, 11) is 0. The highest BCUT2D eigenvalue weighted by atomic mass is 16.5. The van der Waals surface area contributed by atoms with Crippen LogP contribution in [-0.2, 0) is 4.79 Å². The van der Waals surface area contributed by atoms with Gasteiger partial charge in [-0.05, 0) is 61.4 Å². The summed E-state index contributed by atoms with van der Waals surface area (Å²) in [6.45, 7) is 4.63. The van der Waals surface area contributed by atoms with Crippen molar-refractivity contribution < 1.29 is 24.2 Å². The molecular weight excluding hydrogens is 374 g/mol. The fraction of sp³-hybridized carbons (Fsp3) is 0.286. The predicted molar refractivity (Wildman–Crippen MR) is 110 cm³/mol. The Kier molecular flexibility index (Phi) is 8.50. The largest absolute Gasteiger partial charge is 0.504 e. The Bertz CT molecular complexity index is 850. The Morgan fingerprint density at radius 1 is 1.10 bits per heavy atom. The third kappa shape index (κ3) is 7.17. The molecule has 3 N–H and O–H groups in total. The molecule has 29 heavy (non-hydrogen) atoms. The number of phenols is 1. The van der Waals surface area contributed by atoms with Crippen molar-refractivity contribution in [3.8, 4) is 17.2 Å². The smallest absolute Gasteiger partial charge is 0.259 e. The molecule has 0 heterocycles. The standard InChI is InChI=1S/C21H25N3O5/c1-3-11-29-17-8-6-16(7-9-17)21(27)22-14-20(26)24-23-13-15-5-10-18(25)19(12-15)28-4-2/h5-10,12-13,25H,3-4,11,14H2,1-2H3,(H,22,27)(H,24,26)/b23-13-. The van der Waals surface area contributed by atoms with E-state index in [0.717, 1.165) is 6.42 Å². The van der Waals surface area contributed by atoms with Crippen molar-refractivity contribution in [3.63, 3.8) is 0 Å². The topological polar surface area (TPSA) is 109 Å². The van der Waals surface area contributed by atoms with Crippen LogP contribution in [0.4, 0.5) is 0 Å². The number of nitrogens with one attached hydrogen (secondary N) is 2. The molecule has 154 valence electrons. The summed E-state index contributed by atoms with van der Waals surface area (Å²) in [4.78, 5) is 23.9. The average molecular weight is 399 g/mol. The van der Waals surface area contributed by atoms with Gasteiger partial charge in [0.2, 0.25) is 0 Å². The number of ether oxygens (including phenoxy) is 2. The summed E-state index contributed by atoms with van der Waals surface area (Å²) in [5.74, 6) is 0.214. The van der Waals surface area contributed by atoms with Gasteiger partial charge in [-0.25, -0.2) is 5.43 Å². The lowest BCUT2D eigenvalue weighted by Crippen LogP contribution is -2.34. The zero-order valence-corrected chi connectivity index (χ0v) is 16.5. The minimum atomic E-state index is -0.471. The van der Waals surface area contributed by atoms with Gasteiger partial charge in [-0.3, -0.25) is 9.59 Å². The monoisotopic (exact) mass is 399 g/mol. The molecule has 8 nitrogen and oxygen atoms in total. The van der Waals surface area contributed by atoms with E-state index in [1.54, 1.807) is 36.4 Å². The summed E-state index contributed by atoms with van der Waals surface area (Å²) >= 11 is 0. The highest BCUT2D eigenvalue weighted by molar-refractivity contribution is 5.96. The van der Waals surface area contributed by atoms with Crippen LogP contribution in [0.15, 0.2) is 47.6 Å². The van der Waals surface area contributed by atoms with Crippen LogP contribution in [0.2, 0.25) is 0 Å². The molecule has 0 saturated carbocycles. The minimum absolute atomic E-state index is 0.0284. The number of nitrogens with zero attached hydrogens (tertiary/aromatic N) is 1. The molecule has 0 saturated heterocycles. The molecule has 8 heteroatoms. The molecule has 2 rings (SSSR count). The van der Waals surface area contributed by atoms with Crippen molar-refractivity contribution in [3.05, 3.63) is 53.6 Å². The Morgan fingerprint density at radius 3 is 2.55 bits per heavy atom. The fourth-order valence-electron chi connectivity index (χ4n) is 2.29. The van der Waals surface area contributed by atoms with E-state index in [2.05, 4.69) is 15.8 Å². The van der Waals surface area contributed by atoms with Gasteiger partial charge in [0.1, 0.15) is 5.75 Å². The number of hydrogen-bond acceptors (Lipinski definition) is 6. The number of carbonyl (C=O) groups is 2. The van der Waals surface area contributed by atoms with Crippen LogP contribution in [0.5, 0.6) is 17.2 Å².